The van der Waals surface area contributed by atoms with Crippen LogP contribution in [0.4, 0.5) is 0 Å². The second-order valence-corrected chi connectivity index (χ2v) is 3.24. The van der Waals surface area contributed by atoms with Crippen molar-refractivity contribution in [3.8, 4) is 5.75 Å². The highest BCUT2D eigenvalue weighted by molar-refractivity contribution is 5.77. The van der Waals surface area contributed by atoms with Crippen LogP contribution in [0.15, 0.2) is 24.3 Å². The molecule has 4 heteroatoms. The van der Waals surface area contributed by atoms with Crippen molar-refractivity contribution in [1.29, 1.82) is 0 Å². The first-order valence-corrected chi connectivity index (χ1v) is 5.34. The van der Waals surface area contributed by atoms with Crippen molar-refractivity contribution in [2.45, 2.75) is 19.9 Å². The molecule has 0 aliphatic carbocycles. The molecule has 1 rings (SSSR count). The molecule has 0 spiro atoms. The summed E-state index contributed by atoms with van der Waals surface area (Å²) in [4.78, 5) is 11.4. The third kappa shape index (κ3) is 3.24. The molecular formula is C12H17NO3. The van der Waals surface area contributed by atoms with E-state index in [1.165, 1.54) is 0 Å². The average molecular weight is 223 g/mol. The maximum atomic E-state index is 11.4. The van der Waals surface area contributed by atoms with Crippen molar-refractivity contribution < 1.29 is 14.3 Å². The zero-order valence-corrected chi connectivity index (χ0v) is 9.60. The predicted octanol–water partition coefficient (Wildman–Crippen LogP) is 1.65. The van der Waals surface area contributed by atoms with Gasteiger partial charge in [0.05, 0.1) is 13.2 Å². The number of carbonyl (C=O) groups is 1. The molecule has 1 aromatic carbocycles. The molecule has 16 heavy (non-hydrogen) atoms. The second-order valence-electron chi connectivity index (χ2n) is 3.24. The van der Waals surface area contributed by atoms with Crippen LogP contribution in [0.3, 0.4) is 0 Å². The Morgan fingerprint density at radius 3 is 2.75 bits per heavy atom. The average Bonchev–Trinajstić information content (AvgIpc) is 2.29. The van der Waals surface area contributed by atoms with Crippen LogP contribution < -0.4 is 10.5 Å². The summed E-state index contributed by atoms with van der Waals surface area (Å²) in [5.41, 5.74) is 6.46. The van der Waals surface area contributed by atoms with Gasteiger partial charge in [-0.2, -0.15) is 0 Å². The number of hydrogen-bond donors (Lipinski definition) is 1. The van der Waals surface area contributed by atoms with E-state index in [-0.39, 0.29) is 0 Å². The first-order valence-electron chi connectivity index (χ1n) is 5.34. The van der Waals surface area contributed by atoms with Gasteiger partial charge in [-0.15, -0.1) is 0 Å². The van der Waals surface area contributed by atoms with E-state index >= 15 is 0 Å². The number of benzene rings is 1. The fourth-order valence-corrected chi connectivity index (χ4v) is 1.33. The lowest BCUT2D eigenvalue weighted by molar-refractivity contribution is -0.144. The van der Waals surface area contributed by atoms with E-state index in [1.54, 1.807) is 25.1 Å². The first-order chi connectivity index (χ1) is 7.69. The van der Waals surface area contributed by atoms with E-state index in [2.05, 4.69) is 0 Å². The van der Waals surface area contributed by atoms with Crippen LogP contribution in [0.2, 0.25) is 0 Å². The Hall–Kier alpha value is -1.55. The highest BCUT2D eigenvalue weighted by atomic mass is 16.5. The van der Waals surface area contributed by atoms with Crippen LogP contribution >= 0.6 is 0 Å². The highest BCUT2D eigenvalue weighted by Crippen LogP contribution is 2.18. The Labute approximate surface area is 95.3 Å². The number of carbonyl (C=O) groups excluding carboxylic acids is 1. The fourth-order valence-electron chi connectivity index (χ4n) is 1.33. The Morgan fingerprint density at radius 1 is 1.38 bits per heavy atom. The maximum Gasteiger partial charge on any atom is 0.327 e. The lowest BCUT2D eigenvalue weighted by atomic mass is 10.1. The third-order valence-electron chi connectivity index (χ3n) is 2.07. The van der Waals surface area contributed by atoms with Gasteiger partial charge in [0.2, 0.25) is 0 Å². The molecule has 88 valence electrons. The van der Waals surface area contributed by atoms with Gasteiger partial charge in [0, 0.05) is 0 Å². The Bertz CT molecular complexity index is 352. The summed E-state index contributed by atoms with van der Waals surface area (Å²) >= 11 is 0. The van der Waals surface area contributed by atoms with Gasteiger partial charge in [-0.25, -0.2) is 4.79 Å². The zero-order chi connectivity index (χ0) is 12.0. The summed E-state index contributed by atoms with van der Waals surface area (Å²) in [6, 6.07) is 6.42. The lowest BCUT2D eigenvalue weighted by Gasteiger charge is -2.12. The first kappa shape index (κ1) is 12.5. The van der Waals surface area contributed by atoms with Crippen molar-refractivity contribution in [2.75, 3.05) is 13.2 Å². The summed E-state index contributed by atoms with van der Waals surface area (Å²) in [5.74, 6) is 0.288. The number of esters is 1. The Kier molecular flexibility index (Phi) is 4.79. The molecule has 0 radical (unpaired) electrons. The van der Waals surface area contributed by atoms with Crippen molar-refractivity contribution in [1.82, 2.24) is 0 Å². The van der Waals surface area contributed by atoms with E-state index in [0.717, 1.165) is 0 Å². The molecule has 0 heterocycles. The number of ether oxygens (including phenoxy) is 2. The molecule has 1 atom stereocenters. The summed E-state index contributed by atoms with van der Waals surface area (Å²) < 4.78 is 10.2. The van der Waals surface area contributed by atoms with Crippen LogP contribution in [-0.4, -0.2) is 19.2 Å². The number of hydrogen-bond acceptors (Lipinski definition) is 4. The monoisotopic (exact) mass is 223 g/mol. The van der Waals surface area contributed by atoms with Crippen LogP contribution in [-0.2, 0) is 9.53 Å². The number of rotatable bonds is 5. The van der Waals surface area contributed by atoms with Crippen LogP contribution in [0.1, 0.15) is 25.5 Å². The minimum absolute atomic E-state index is 0.331. The van der Waals surface area contributed by atoms with Gasteiger partial charge in [0.1, 0.15) is 11.8 Å². The lowest BCUT2D eigenvalue weighted by Crippen LogP contribution is -2.23. The van der Waals surface area contributed by atoms with Crippen molar-refractivity contribution >= 4 is 5.97 Å². The van der Waals surface area contributed by atoms with Gasteiger partial charge >= 0.3 is 5.97 Å². The molecule has 1 aromatic rings. The maximum absolute atomic E-state index is 11.4. The van der Waals surface area contributed by atoms with Gasteiger partial charge in [-0.05, 0) is 31.5 Å². The molecule has 0 saturated heterocycles. The number of nitrogens with two attached hydrogens (primary N) is 1. The van der Waals surface area contributed by atoms with Gasteiger partial charge < -0.3 is 15.2 Å². The van der Waals surface area contributed by atoms with Gasteiger partial charge in [-0.1, -0.05) is 12.1 Å². The fraction of sp³-hybridized carbons (Fsp3) is 0.417. The molecule has 0 bridgehead atoms. The van der Waals surface area contributed by atoms with E-state index in [1.807, 2.05) is 13.0 Å². The van der Waals surface area contributed by atoms with Crippen molar-refractivity contribution in [2.24, 2.45) is 5.73 Å². The largest absolute Gasteiger partial charge is 0.494 e. The SMILES string of the molecule is CCOC(=O)[C@@H](N)c1cccc(OCC)c1. The molecule has 0 saturated carbocycles. The quantitative estimate of drug-likeness (QED) is 0.771. The standard InChI is InChI=1S/C12H17NO3/c1-3-15-10-7-5-6-9(8-10)11(13)12(14)16-4-2/h5-8,11H,3-4,13H2,1-2H3/t11-/m0/s1. The molecule has 0 aromatic heterocycles. The van der Waals surface area contributed by atoms with Crippen LogP contribution in [0, 0.1) is 0 Å². The van der Waals surface area contributed by atoms with Crippen molar-refractivity contribution in [3.63, 3.8) is 0 Å². The van der Waals surface area contributed by atoms with E-state index in [9.17, 15) is 4.79 Å². The minimum atomic E-state index is -0.750. The molecule has 0 fully saturated rings. The molecule has 0 aliphatic rings. The summed E-state index contributed by atoms with van der Waals surface area (Å²) in [7, 11) is 0. The third-order valence-corrected chi connectivity index (χ3v) is 2.07. The van der Waals surface area contributed by atoms with E-state index in [4.69, 9.17) is 15.2 Å². The van der Waals surface area contributed by atoms with E-state index in [0.29, 0.717) is 24.5 Å². The van der Waals surface area contributed by atoms with Crippen molar-refractivity contribution in [3.05, 3.63) is 29.8 Å². The highest BCUT2D eigenvalue weighted by Gasteiger charge is 2.17. The van der Waals surface area contributed by atoms with Crippen LogP contribution in [0.5, 0.6) is 5.75 Å². The molecule has 0 unspecified atom stereocenters. The summed E-state index contributed by atoms with van der Waals surface area (Å²) in [6.45, 7) is 4.56. The zero-order valence-electron chi connectivity index (χ0n) is 9.60. The van der Waals surface area contributed by atoms with Gasteiger partial charge in [0.25, 0.3) is 0 Å². The molecule has 0 amide bonds. The summed E-state index contributed by atoms with van der Waals surface area (Å²) in [6.07, 6.45) is 0. The molecule has 2 N–H and O–H groups in total. The topological polar surface area (TPSA) is 61.5 Å². The Morgan fingerprint density at radius 2 is 2.12 bits per heavy atom. The molecule has 4 nitrogen and oxygen atoms in total. The van der Waals surface area contributed by atoms with Gasteiger partial charge in [-0.3, -0.25) is 0 Å². The predicted molar refractivity (Wildman–Crippen MR) is 61.2 cm³/mol. The van der Waals surface area contributed by atoms with E-state index < -0.39 is 12.0 Å². The second kappa shape index (κ2) is 6.12. The smallest absolute Gasteiger partial charge is 0.327 e. The van der Waals surface area contributed by atoms with Crippen LogP contribution in [0.25, 0.3) is 0 Å². The van der Waals surface area contributed by atoms with Gasteiger partial charge in [0.15, 0.2) is 0 Å². The summed E-state index contributed by atoms with van der Waals surface area (Å²) in [5, 5.41) is 0. The normalized spacial score (nSPS) is 11.9. The Balaban J connectivity index is 2.78. The molecule has 0 aliphatic heterocycles. The minimum Gasteiger partial charge on any atom is -0.494 e. The molecular weight excluding hydrogens is 206 g/mol.